The molecule has 0 aliphatic carbocycles. The van der Waals surface area contributed by atoms with Crippen LogP contribution in [-0.2, 0) is 9.47 Å². The van der Waals surface area contributed by atoms with Gasteiger partial charge in [0.2, 0.25) is 0 Å². The highest BCUT2D eigenvalue weighted by Crippen LogP contribution is 2.12. The van der Waals surface area contributed by atoms with E-state index in [4.69, 9.17) is 9.47 Å². The monoisotopic (exact) mass is 284 g/mol. The lowest BCUT2D eigenvalue weighted by molar-refractivity contribution is 0.0476. The molecule has 0 unspecified atom stereocenters. The van der Waals surface area contributed by atoms with Crippen molar-refractivity contribution in [1.82, 2.24) is 10.2 Å². The summed E-state index contributed by atoms with van der Waals surface area (Å²) in [5.41, 5.74) is 0.234. The summed E-state index contributed by atoms with van der Waals surface area (Å²) >= 11 is 0. The van der Waals surface area contributed by atoms with E-state index in [1.54, 1.807) is 13.8 Å². The van der Waals surface area contributed by atoms with Crippen LogP contribution >= 0.6 is 0 Å². The van der Waals surface area contributed by atoms with E-state index < -0.39 is 20.0 Å². The first-order chi connectivity index (χ1) is 8.82. The van der Waals surface area contributed by atoms with Crippen molar-refractivity contribution in [1.29, 1.82) is 0 Å². The number of rotatable bonds is 5. The average molecular weight is 284 g/mol. The van der Waals surface area contributed by atoms with E-state index in [0.29, 0.717) is 5.32 Å². The minimum absolute atomic E-state index is 0.0118. The van der Waals surface area contributed by atoms with Gasteiger partial charge in [0.1, 0.15) is 13.6 Å². The molecule has 1 rings (SSSR count). The molecule has 7 heteroatoms. The molecule has 0 amide bonds. The Bertz CT molecular complexity index is 477. The first-order valence-electron chi connectivity index (χ1n) is 6.26. The van der Waals surface area contributed by atoms with E-state index in [9.17, 15) is 9.59 Å². The summed E-state index contributed by atoms with van der Waals surface area (Å²) in [6.07, 6.45) is 0. The zero-order valence-corrected chi connectivity index (χ0v) is 13.0. The summed E-state index contributed by atoms with van der Waals surface area (Å²) in [6, 6.07) is 0. The van der Waals surface area contributed by atoms with Crippen LogP contribution in [0.25, 0.3) is 0 Å². The molecular weight excluding hydrogens is 264 g/mol. The molecular formula is C12H20N2O4Si. The summed E-state index contributed by atoms with van der Waals surface area (Å²) in [6.45, 7) is 10.1. The second kappa shape index (κ2) is 6.01. The summed E-state index contributed by atoms with van der Waals surface area (Å²) in [4.78, 5) is 23.9. The maximum absolute atomic E-state index is 12.0. The van der Waals surface area contributed by atoms with Gasteiger partial charge in [-0.15, -0.1) is 0 Å². The number of aromatic amines is 1. The minimum Gasteiger partial charge on any atom is -0.462 e. The van der Waals surface area contributed by atoms with Crippen molar-refractivity contribution in [2.24, 2.45) is 0 Å². The van der Waals surface area contributed by atoms with Gasteiger partial charge in [0.15, 0.2) is 5.69 Å². The lowest BCUT2D eigenvalue weighted by Crippen LogP contribution is -2.42. The van der Waals surface area contributed by atoms with Crippen LogP contribution in [0.1, 0.15) is 34.7 Å². The Kier molecular flexibility index (Phi) is 4.88. The standard InChI is InChI=1S/C12H20N2O4Si/c1-6-17-11(15)8-9(12(16)18-7-2)13-14-10(8)19(3,4)5/h6-7H2,1-5H3,(H,13,14). The number of ether oxygens (including phenoxy) is 2. The number of carbonyl (C=O) groups is 2. The van der Waals surface area contributed by atoms with E-state index >= 15 is 0 Å². The van der Waals surface area contributed by atoms with Crippen molar-refractivity contribution in [3.63, 3.8) is 0 Å². The predicted molar refractivity (Wildman–Crippen MR) is 73.5 cm³/mol. The average Bonchev–Trinajstić information content (AvgIpc) is 2.73. The number of esters is 2. The highest BCUT2D eigenvalue weighted by molar-refractivity contribution is 6.88. The van der Waals surface area contributed by atoms with Gasteiger partial charge in [-0.1, -0.05) is 19.6 Å². The molecule has 0 spiro atoms. The van der Waals surface area contributed by atoms with Crippen LogP contribution in [0.4, 0.5) is 0 Å². The van der Waals surface area contributed by atoms with Gasteiger partial charge < -0.3 is 9.47 Å². The lowest BCUT2D eigenvalue weighted by atomic mass is 10.2. The fraction of sp³-hybridized carbons (Fsp3) is 0.583. The van der Waals surface area contributed by atoms with Gasteiger partial charge in [-0.2, -0.15) is 5.10 Å². The predicted octanol–water partition coefficient (Wildman–Crippen LogP) is 1.31. The Morgan fingerprint density at radius 3 is 2.11 bits per heavy atom. The molecule has 0 aliphatic heterocycles. The molecule has 0 saturated heterocycles. The number of H-pyrrole nitrogens is 1. The SMILES string of the molecule is CCOC(=O)c1n[nH]c([Si](C)(C)C)c1C(=O)OCC. The Morgan fingerprint density at radius 1 is 1.11 bits per heavy atom. The van der Waals surface area contributed by atoms with Crippen molar-refractivity contribution >= 4 is 25.3 Å². The Morgan fingerprint density at radius 2 is 1.63 bits per heavy atom. The van der Waals surface area contributed by atoms with Gasteiger partial charge in [-0.05, 0) is 13.8 Å². The van der Waals surface area contributed by atoms with Crippen molar-refractivity contribution in [2.75, 3.05) is 13.2 Å². The van der Waals surface area contributed by atoms with Crippen LogP contribution in [0.5, 0.6) is 0 Å². The van der Waals surface area contributed by atoms with Gasteiger partial charge in [-0.25, -0.2) is 9.59 Å². The highest BCUT2D eigenvalue weighted by Gasteiger charge is 2.33. The highest BCUT2D eigenvalue weighted by atomic mass is 28.3. The van der Waals surface area contributed by atoms with Gasteiger partial charge in [-0.3, -0.25) is 5.10 Å². The molecule has 0 aromatic carbocycles. The largest absolute Gasteiger partial charge is 0.462 e. The molecule has 0 bridgehead atoms. The van der Waals surface area contributed by atoms with Crippen LogP contribution in [0.15, 0.2) is 0 Å². The fourth-order valence-corrected chi connectivity index (χ4v) is 3.00. The maximum atomic E-state index is 12.0. The smallest absolute Gasteiger partial charge is 0.359 e. The first-order valence-corrected chi connectivity index (χ1v) is 9.76. The minimum atomic E-state index is -1.84. The van der Waals surface area contributed by atoms with Gasteiger partial charge in [0, 0.05) is 5.32 Å². The van der Waals surface area contributed by atoms with Gasteiger partial charge in [0.25, 0.3) is 0 Å². The van der Waals surface area contributed by atoms with Crippen LogP contribution in [-0.4, -0.2) is 43.4 Å². The molecule has 1 heterocycles. The number of hydrogen-bond donors (Lipinski definition) is 1. The van der Waals surface area contributed by atoms with Gasteiger partial charge >= 0.3 is 11.9 Å². The molecule has 6 nitrogen and oxygen atoms in total. The van der Waals surface area contributed by atoms with Crippen LogP contribution in [0, 0.1) is 0 Å². The first kappa shape index (κ1) is 15.4. The van der Waals surface area contributed by atoms with Crippen molar-refractivity contribution in [3.05, 3.63) is 11.3 Å². The third-order valence-corrected chi connectivity index (χ3v) is 4.33. The van der Waals surface area contributed by atoms with E-state index in [1.165, 1.54) is 0 Å². The normalized spacial score (nSPS) is 11.2. The molecule has 1 aromatic heterocycles. The molecule has 1 aromatic rings. The number of aromatic nitrogens is 2. The molecule has 0 aliphatic rings. The fourth-order valence-electron chi connectivity index (χ4n) is 1.63. The lowest BCUT2D eigenvalue weighted by Gasteiger charge is -2.15. The molecule has 1 N–H and O–H groups in total. The molecule has 0 saturated carbocycles. The molecule has 0 radical (unpaired) electrons. The second-order valence-electron chi connectivity index (χ2n) is 5.01. The third-order valence-electron chi connectivity index (χ3n) is 2.46. The molecule has 0 atom stereocenters. The molecule has 0 fully saturated rings. The Hall–Kier alpha value is -1.63. The number of nitrogens with one attached hydrogen (secondary N) is 1. The third kappa shape index (κ3) is 3.43. The quantitative estimate of drug-likeness (QED) is 0.651. The summed E-state index contributed by atoms with van der Waals surface area (Å²) < 4.78 is 9.92. The van der Waals surface area contributed by atoms with Gasteiger partial charge in [0.05, 0.1) is 13.2 Å². The summed E-state index contributed by atoms with van der Waals surface area (Å²) in [5, 5.41) is 7.44. The Balaban J connectivity index is 3.30. The van der Waals surface area contributed by atoms with Crippen LogP contribution < -0.4 is 5.32 Å². The van der Waals surface area contributed by atoms with Crippen LogP contribution in [0.2, 0.25) is 19.6 Å². The topological polar surface area (TPSA) is 81.3 Å². The molecule has 19 heavy (non-hydrogen) atoms. The van der Waals surface area contributed by atoms with Crippen molar-refractivity contribution in [2.45, 2.75) is 33.5 Å². The number of hydrogen-bond acceptors (Lipinski definition) is 5. The zero-order valence-electron chi connectivity index (χ0n) is 12.0. The van der Waals surface area contributed by atoms with Crippen molar-refractivity contribution < 1.29 is 19.1 Å². The Labute approximate surface area is 113 Å². The number of nitrogens with zero attached hydrogens (tertiary/aromatic N) is 1. The second-order valence-corrected chi connectivity index (χ2v) is 10.0. The summed E-state index contributed by atoms with van der Waals surface area (Å²) in [7, 11) is -1.84. The maximum Gasteiger partial charge on any atom is 0.359 e. The van der Waals surface area contributed by atoms with Crippen LogP contribution in [0.3, 0.4) is 0 Å². The molecule has 106 valence electrons. The van der Waals surface area contributed by atoms with E-state index in [1.807, 2.05) is 0 Å². The van der Waals surface area contributed by atoms with E-state index in [2.05, 4.69) is 29.8 Å². The summed E-state index contributed by atoms with van der Waals surface area (Å²) in [5.74, 6) is -1.14. The zero-order chi connectivity index (χ0) is 14.6. The van der Waals surface area contributed by atoms with E-state index in [-0.39, 0.29) is 24.5 Å². The number of carbonyl (C=O) groups excluding carboxylic acids is 2. The van der Waals surface area contributed by atoms with Crippen molar-refractivity contribution in [3.8, 4) is 0 Å². The van der Waals surface area contributed by atoms with E-state index in [0.717, 1.165) is 0 Å².